The smallest absolute Gasteiger partial charge is 0.161 e. The van der Waals surface area contributed by atoms with Gasteiger partial charge < -0.3 is 10.1 Å². The molecule has 0 aliphatic rings. The Hall–Kier alpha value is -1.08. The van der Waals surface area contributed by atoms with Crippen LogP contribution in [0.4, 0.5) is 0 Å². The van der Waals surface area contributed by atoms with Gasteiger partial charge in [0, 0.05) is 12.8 Å². The summed E-state index contributed by atoms with van der Waals surface area (Å²) in [6.45, 7) is 7.13. The highest BCUT2D eigenvalue weighted by molar-refractivity contribution is 7.91. The molecule has 20 heavy (non-hydrogen) atoms. The number of methoxy groups -OCH3 is 1. The highest BCUT2D eigenvalue weighted by atomic mass is 32.2. The second-order valence-electron chi connectivity index (χ2n) is 4.89. The molecule has 7 heteroatoms. The van der Waals surface area contributed by atoms with E-state index in [0.29, 0.717) is 12.3 Å². The van der Waals surface area contributed by atoms with Crippen LogP contribution in [0.1, 0.15) is 38.9 Å². The van der Waals surface area contributed by atoms with Crippen molar-refractivity contribution in [2.24, 2.45) is 0 Å². The molecule has 1 aromatic heterocycles. The van der Waals surface area contributed by atoms with E-state index in [1.54, 1.807) is 20.2 Å². The van der Waals surface area contributed by atoms with Crippen molar-refractivity contribution in [1.82, 2.24) is 15.1 Å². The first kappa shape index (κ1) is 17.0. The summed E-state index contributed by atoms with van der Waals surface area (Å²) in [6, 6.07) is -0.334. The molecule has 0 saturated heterocycles. The van der Waals surface area contributed by atoms with Crippen LogP contribution in [0, 0.1) is 0 Å². The zero-order valence-electron chi connectivity index (χ0n) is 12.9. The molecular weight excluding hydrogens is 278 g/mol. The van der Waals surface area contributed by atoms with Crippen LogP contribution in [0.5, 0.6) is 5.75 Å². The Morgan fingerprint density at radius 2 is 2.10 bits per heavy atom. The van der Waals surface area contributed by atoms with Gasteiger partial charge in [-0.2, -0.15) is 5.10 Å². The Balaban J connectivity index is 3.29. The van der Waals surface area contributed by atoms with Gasteiger partial charge >= 0.3 is 0 Å². The van der Waals surface area contributed by atoms with Crippen LogP contribution in [-0.2, 0) is 16.4 Å². The van der Waals surface area contributed by atoms with Gasteiger partial charge in [0.15, 0.2) is 15.6 Å². The van der Waals surface area contributed by atoms with E-state index in [9.17, 15) is 8.42 Å². The van der Waals surface area contributed by atoms with Crippen molar-refractivity contribution < 1.29 is 13.2 Å². The van der Waals surface area contributed by atoms with Crippen LogP contribution in [0.3, 0.4) is 0 Å². The van der Waals surface area contributed by atoms with E-state index in [0.717, 1.165) is 18.7 Å². The third kappa shape index (κ3) is 3.73. The summed E-state index contributed by atoms with van der Waals surface area (Å²) in [5.41, 5.74) is 0.800. The van der Waals surface area contributed by atoms with Crippen LogP contribution < -0.4 is 10.1 Å². The third-order valence-electron chi connectivity index (χ3n) is 3.36. The molecule has 2 unspecified atom stereocenters. The number of aromatic nitrogens is 2. The lowest BCUT2D eigenvalue weighted by Crippen LogP contribution is -2.36. The molecule has 0 spiro atoms. The van der Waals surface area contributed by atoms with E-state index in [4.69, 9.17) is 4.74 Å². The lowest BCUT2D eigenvalue weighted by molar-refractivity contribution is 0.388. The van der Waals surface area contributed by atoms with Crippen LogP contribution in [0.15, 0.2) is 6.20 Å². The second-order valence-corrected chi connectivity index (χ2v) is 7.29. The monoisotopic (exact) mass is 303 g/mol. The average molecular weight is 303 g/mol. The van der Waals surface area contributed by atoms with Crippen LogP contribution in [0.25, 0.3) is 0 Å². The summed E-state index contributed by atoms with van der Waals surface area (Å²) in [4.78, 5) is 0. The Bertz CT molecular complexity index is 525. The molecule has 0 bridgehead atoms. The number of hydrogen-bond acceptors (Lipinski definition) is 5. The van der Waals surface area contributed by atoms with Crippen molar-refractivity contribution in [2.45, 2.75) is 45.0 Å². The minimum atomic E-state index is -3.17. The van der Waals surface area contributed by atoms with Gasteiger partial charge in [0.2, 0.25) is 0 Å². The van der Waals surface area contributed by atoms with Gasteiger partial charge in [0.25, 0.3) is 0 Å². The van der Waals surface area contributed by atoms with Crippen LogP contribution in [-0.4, -0.2) is 43.4 Å². The van der Waals surface area contributed by atoms with Crippen molar-refractivity contribution in [3.8, 4) is 5.75 Å². The number of rotatable bonds is 8. The molecule has 0 amide bonds. The standard InChI is InChI=1S/C13H25N3O3S/c1-6-8-16-13(11(19-4)9-15-16)12(14-7-2)10(3)20(5,17)18/h9-10,12,14H,6-8H2,1-5H3. The number of nitrogens with one attached hydrogen (secondary N) is 1. The first-order chi connectivity index (χ1) is 9.36. The van der Waals surface area contributed by atoms with E-state index in [2.05, 4.69) is 17.3 Å². The number of ether oxygens (including phenoxy) is 1. The molecule has 2 atom stereocenters. The largest absolute Gasteiger partial charge is 0.493 e. The fourth-order valence-corrected chi connectivity index (χ4v) is 2.91. The first-order valence-corrected chi connectivity index (χ1v) is 8.84. The summed E-state index contributed by atoms with van der Waals surface area (Å²) in [6.07, 6.45) is 3.82. The van der Waals surface area contributed by atoms with Crippen molar-refractivity contribution >= 4 is 9.84 Å². The van der Waals surface area contributed by atoms with Crippen molar-refractivity contribution in [3.63, 3.8) is 0 Å². The van der Waals surface area contributed by atoms with Crippen molar-refractivity contribution in [2.75, 3.05) is 19.9 Å². The SMILES string of the molecule is CCCn1ncc(OC)c1C(NCC)C(C)S(C)(=O)=O. The topological polar surface area (TPSA) is 73.2 Å². The van der Waals surface area contributed by atoms with E-state index in [1.807, 2.05) is 11.6 Å². The van der Waals surface area contributed by atoms with Crippen LogP contribution in [0.2, 0.25) is 0 Å². The number of nitrogens with zero attached hydrogens (tertiary/aromatic N) is 2. The molecule has 6 nitrogen and oxygen atoms in total. The molecule has 0 radical (unpaired) electrons. The van der Waals surface area contributed by atoms with Gasteiger partial charge in [-0.1, -0.05) is 13.8 Å². The van der Waals surface area contributed by atoms with E-state index < -0.39 is 15.1 Å². The normalized spacial score (nSPS) is 15.1. The highest BCUT2D eigenvalue weighted by Gasteiger charge is 2.31. The Morgan fingerprint density at radius 1 is 1.45 bits per heavy atom. The molecule has 1 heterocycles. The maximum Gasteiger partial charge on any atom is 0.161 e. The summed E-state index contributed by atoms with van der Waals surface area (Å²) < 4.78 is 31.0. The molecule has 0 aliphatic carbocycles. The Kier molecular flexibility index (Phi) is 6.01. The van der Waals surface area contributed by atoms with Gasteiger partial charge in [0.05, 0.1) is 30.3 Å². The molecule has 0 aromatic carbocycles. The zero-order chi connectivity index (χ0) is 15.3. The number of aryl methyl sites for hydroxylation is 1. The number of sulfone groups is 1. The maximum absolute atomic E-state index is 11.9. The third-order valence-corrected chi connectivity index (χ3v) is 4.99. The molecule has 1 N–H and O–H groups in total. The first-order valence-electron chi connectivity index (χ1n) is 6.88. The van der Waals surface area contributed by atoms with Crippen molar-refractivity contribution in [3.05, 3.63) is 11.9 Å². The molecule has 0 fully saturated rings. The van der Waals surface area contributed by atoms with Gasteiger partial charge in [0.1, 0.15) is 0 Å². The summed E-state index contributed by atoms with van der Waals surface area (Å²) in [5.74, 6) is 0.625. The minimum Gasteiger partial charge on any atom is -0.493 e. The predicted molar refractivity (Wildman–Crippen MR) is 79.8 cm³/mol. The predicted octanol–water partition coefficient (Wildman–Crippen LogP) is 1.39. The van der Waals surface area contributed by atoms with Crippen LogP contribution >= 0.6 is 0 Å². The minimum absolute atomic E-state index is 0.334. The molecule has 0 saturated carbocycles. The molecule has 116 valence electrons. The van der Waals surface area contributed by atoms with Gasteiger partial charge in [-0.3, -0.25) is 4.68 Å². The second kappa shape index (κ2) is 7.08. The Labute approximate surface area is 121 Å². The Morgan fingerprint density at radius 3 is 2.55 bits per heavy atom. The maximum atomic E-state index is 11.9. The van der Waals surface area contributed by atoms with E-state index in [-0.39, 0.29) is 6.04 Å². The van der Waals surface area contributed by atoms with Gasteiger partial charge in [-0.15, -0.1) is 0 Å². The van der Waals surface area contributed by atoms with E-state index in [1.165, 1.54) is 6.26 Å². The molecule has 1 rings (SSSR count). The summed E-state index contributed by atoms with van der Waals surface area (Å²) in [7, 11) is -1.59. The highest BCUT2D eigenvalue weighted by Crippen LogP contribution is 2.30. The molecular formula is C13H25N3O3S. The fraction of sp³-hybridized carbons (Fsp3) is 0.769. The fourth-order valence-electron chi connectivity index (χ4n) is 2.19. The molecule has 0 aliphatic heterocycles. The van der Waals surface area contributed by atoms with Gasteiger partial charge in [-0.05, 0) is 19.9 Å². The summed E-state index contributed by atoms with van der Waals surface area (Å²) >= 11 is 0. The van der Waals surface area contributed by atoms with Gasteiger partial charge in [-0.25, -0.2) is 8.42 Å². The number of hydrogen-bond donors (Lipinski definition) is 1. The lowest BCUT2D eigenvalue weighted by Gasteiger charge is -2.25. The zero-order valence-corrected chi connectivity index (χ0v) is 13.7. The quantitative estimate of drug-likeness (QED) is 0.785. The lowest BCUT2D eigenvalue weighted by atomic mass is 10.1. The summed E-state index contributed by atoms with van der Waals surface area (Å²) in [5, 5.41) is 6.99. The average Bonchev–Trinajstić information content (AvgIpc) is 2.77. The van der Waals surface area contributed by atoms with Crippen molar-refractivity contribution in [1.29, 1.82) is 0 Å². The molecule has 1 aromatic rings. The van der Waals surface area contributed by atoms with E-state index >= 15 is 0 Å².